The van der Waals surface area contributed by atoms with Crippen LogP contribution in [0.4, 0.5) is 0 Å². The molecule has 0 bridgehead atoms. The van der Waals surface area contributed by atoms with Crippen molar-refractivity contribution in [2.45, 2.75) is 24.8 Å². The minimum Gasteiger partial charge on any atom is -0.468 e. The summed E-state index contributed by atoms with van der Waals surface area (Å²) in [5.41, 5.74) is 4.00. The molecule has 6 heteroatoms. The fourth-order valence-electron chi connectivity index (χ4n) is 2.34. The summed E-state index contributed by atoms with van der Waals surface area (Å²) in [4.78, 5) is 16.1. The van der Waals surface area contributed by atoms with Gasteiger partial charge in [0.15, 0.2) is 5.16 Å². The van der Waals surface area contributed by atoms with Crippen LogP contribution in [-0.4, -0.2) is 22.6 Å². The highest BCUT2D eigenvalue weighted by molar-refractivity contribution is 7.98. The van der Waals surface area contributed by atoms with Crippen molar-refractivity contribution in [2.75, 3.05) is 7.11 Å². The van der Waals surface area contributed by atoms with E-state index in [0.717, 1.165) is 10.8 Å². The number of ether oxygens (including phenoxy) is 1. The molecule has 0 aliphatic heterocycles. The minimum atomic E-state index is -0.392. The first-order valence-corrected chi connectivity index (χ1v) is 8.47. The Morgan fingerprint density at radius 2 is 2.12 bits per heavy atom. The molecule has 0 N–H and O–H groups in total. The Labute approximate surface area is 144 Å². The zero-order chi connectivity index (χ0) is 17.1. The number of imidazole rings is 1. The molecule has 0 aliphatic carbocycles. The topological polar surface area (TPSA) is 57.3 Å². The summed E-state index contributed by atoms with van der Waals surface area (Å²) < 4.78 is 12.2. The molecule has 0 spiro atoms. The molecular weight excluding hydrogens is 324 g/mol. The predicted octanol–water partition coefficient (Wildman–Crippen LogP) is 4.16. The van der Waals surface area contributed by atoms with Crippen LogP contribution in [0.3, 0.4) is 0 Å². The summed E-state index contributed by atoms with van der Waals surface area (Å²) in [6.45, 7) is 4.18. The summed E-state index contributed by atoms with van der Waals surface area (Å²) in [5, 5.41) is 0.838. The van der Waals surface area contributed by atoms with Gasteiger partial charge in [0.05, 0.1) is 19.1 Å². The van der Waals surface area contributed by atoms with Crippen LogP contribution in [0.15, 0.2) is 52.5 Å². The van der Waals surface area contributed by atoms with E-state index in [1.807, 2.05) is 10.8 Å². The normalized spacial score (nSPS) is 10.8. The van der Waals surface area contributed by atoms with Crippen molar-refractivity contribution in [1.29, 1.82) is 0 Å². The summed E-state index contributed by atoms with van der Waals surface area (Å²) in [5.74, 6) is 0.692. The van der Waals surface area contributed by atoms with Gasteiger partial charge in [0.1, 0.15) is 11.3 Å². The first-order chi connectivity index (χ1) is 11.6. The Bertz CT molecular complexity index is 867. The monoisotopic (exact) mass is 342 g/mol. The van der Waals surface area contributed by atoms with Gasteiger partial charge in [-0.1, -0.05) is 17.8 Å². The van der Waals surface area contributed by atoms with Gasteiger partial charge in [-0.25, -0.2) is 9.78 Å². The minimum absolute atomic E-state index is 0.392. The maximum absolute atomic E-state index is 11.7. The Hall–Kier alpha value is -2.47. The van der Waals surface area contributed by atoms with E-state index in [4.69, 9.17) is 9.15 Å². The van der Waals surface area contributed by atoms with Crippen LogP contribution >= 0.6 is 11.8 Å². The van der Waals surface area contributed by atoms with E-state index in [1.54, 1.807) is 12.3 Å². The van der Waals surface area contributed by atoms with Crippen LogP contribution in [0.2, 0.25) is 0 Å². The Morgan fingerprint density at radius 3 is 2.88 bits per heavy atom. The summed E-state index contributed by atoms with van der Waals surface area (Å²) in [6, 6.07) is 7.92. The second-order valence-electron chi connectivity index (χ2n) is 5.39. The second kappa shape index (κ2) is 6.97. The van der Waals surface area contributed by atoms with Crippen LogP contribution in [0.1, 0.15) is 27.2 Å². The fourth-order valence-corrected chi connectivity index (χ4v) is 3.27. The zero-order valence-corrected chi connectivity index (χ0v) is 14.6. The van der Waals surface area contributed by atoms with Crippen molar-refractivity contribution in [3.63, 3.8) is 0 Å². The highest BCUT2D eigenvalue weighted by Crippen LogP contribution is 2.27. The van der Waals surface area contributed by atoms with Crippen LogP contribution in [0.5, 0.6) is 0 Å². The molecular formula is C18H18N2O3S. The van der Waals surface area contributed by atoms with Crippen LogP contribution in [0.25, 0.3) is 5.69 Å². The number of thioether (sulfide) groups is 1. The number of benzene rings is 1. The first kappa shape index (κ1) is 16.4. The standard InChI is InChI=1S/C18H18N2O3S/c1-12-4-5-14(10-13(12)2)20-8-7-19-18(20)24-11-16-15(6-9-23-16)17(21)22-3/h4-10H,11H2,1-3H3. The van der Waals surface area contributed by atoms with Crippen molar-refractivity contribution >= 4 is 17.7 Å². The lowest BCUT2D eigenvalue weighted by molar-refractivity contribution is 0.0598. The number of nitrogens with zero attached hydrogens (tertiary/aromatic N) is 2. The molecule has 1 aromatic carbocycles. The molecule has 0 saturated carbocycles. The second-order valence-corrected chi connectivity index (χ2v) is 6.33. The van der Waals surface area contributed by atoms with Crippen molar-refractivity contribution in [3.05, 3.63) is 65.4 Å². The van der Waals surface area contributed by atoms with Gasteiger partial charge >= 0.3 is 5.97 Å². The summed E-state index contributed by atoms with van der Waals surface area (Å²) in [7, 11) is 1.36. The molecule has 0 saturated heterocycles. The average Bonchev–Trinajstić information content (AvgIpc) is 3.23. The van der Waals surface area contributed by atoms with E-state index in [9.17, 15) is 4.79 Å². The smallest absolute Gasteiger partial charge is 0.341 e. The number of rotatable bonds is 5. The molecule has 124 valence electrons. The van der Waals surface area contributed by atoms with Crippen molar-refractivity contribution in [2.24, 2.45) is 0 Å². The predicted molar refractivity (Wildman–Crippen MR) is 92.6 cm³/mol. The molecule has 3 rings (SSSR count). The number of carbonyl (C=O) groups is 1. The number of esters is 1. The molecule has 2 heterocycles. The number of hydrogen-bond acceptors (Lipinski definition) is 5. The molecule has 3 aromatic rings. The van der Waals surface area contributed by atoms with Gasteiger partial charge in [0.2, 0.25) is 0 Å². The molecule has 0 unspecified atom stereocenters. The molecule has 0 aliphatic rings. The van der Waals surface area contributed by atoms with Gasteiger partial charge in [-0.15, -0.1) is 0 Å². The molecule has 0 atom stereocenters. The number of aromatic nitrogens is 2. The number of furan rings is 1. The molecule has 0 fully saturated rings. The maximum Gasteiger partial charge on any atom is 0.341 e. The number of carbonyl (C=O) groups excluding carboxylic acids is 1. The highest BCUT2D eigenvalue weighted by Gasteiger charge is 2.16. The SMILES string of the molecule is COC(=O)c1ccoc1CSc1nccn1-c1ccc(C)c(C)c1. The Morgan fingerprint density at radius 1 is 1.29 bits per heavy atom. The average molecular weight is 342 g/mol. The third-order valence-electron chi connectivity index (χ3n) is 3.86. The van der Waals surface area contributed by atoms with Gasteiger partial charge in [-0.3, -0.25) is 4.57 Å². The largest absolute Gasteiger partial charge is 0.468 e. The van der Waals surface area contributed by atoms with Gasteiger partial charge in [-0.05, 0) is 43.2 Å². The molecule has 0 amide bonds. The summed E-state index contributed by atoms with van der Waals surface area (Å²) >= 11 is 1.51. The maximum atomic E-state index is 11.7. The van der Waals surface area contributed by atoms with Crippen molar-refractivity contribution < 1.29 is 13.9 Å². The highest BCUT2D eigenvalue weighted by atomic mass is 32.2. The lowest BCUT2D eigenvalue weighted by Gasteiger charge is -2.09. The van der Waals surface area contributed by atoms with Crippen molar-refractivity contribution in [3.8, 4) is 5.69 Å². The number of aryl methyl sites for hydroxylation is 2. The zero-order valence-electron chi connectivity index (χ0n) is 13.8. The Balaban J connectivity index is 1.80. The Kier molecular flexibility index (Phi) is 4.76. The van der Waals surface area contributed by atoms with Gasteiger partial charge in [-0.2, -0.15) is 0 Å². The van der Waals surface area contributed by atoms with Gasteiger partial charge in [0.25, 0.3) is 0 Å². The van der Waals surface area contributed by atoms with Gasteiger partial charge in [0, 0.05) is 18.1 Å². The molecule has 5 nitrogen and oxygen atoms in total. The summed E-state index contributed by atoms with van der Waals surface area (Å²) in [6.07, 6.45) is 5.19. The van der Waals surface area contributed by atoms with E-state index in [-0.39, 0.29) is 0 Å². The van der Waals surface area contributed by atoms with E-state index in [0.29, 0.717) is 17.1 Å². The molecule has 24 heavy (non-hydrogen) atoms. The lowest BCUT2D eigenvalue weighted by Crippen LogP contribution is -2.02. The molecule has 0 radical (unpaired) electrons. The van der Waals surface area contributed by atoms with E-state index in [1.165, 1.54) is 36.3 Å². The van der Waals surface area contributed by atoms with Crippen LogP contribution in [-0.2, 0) is 10.5 Å². The van der Waals surface area contributed by atoms with E-state index < -0.39 is 5.97 Å². The first-order valence-electron chi connectivity index (χ1n) is 7.48. The number of methoxy groups -OCH3 is 1. The third kappa shape index (κ3) is 3.23. The van der Waals surface area contributed by atoms with E-state index >= 15 is 0 Å². The van der Waals surface area contributed by atoms with Crippen LogP contribution in [0, 0.1) is 13.8 Å². The van der Waals surface area contributed by atoms with E-state index in [2.05, 4.69) is 37.0 Å². The number of hydrogen-bond donors (Lipinski definition) is 0. The third-order valence-corrected chi connectivity index (χ3v) is 4.83. The van der Waals surface area contributed by atoms with Gasteiger partial charge < -0.3 is 9.15 Å². The quantitative estimate of drug-likeness (QED) is 0.515. The fraction of sp³-hybridized carbons (Fsp3) is 0.222. The van der Waals surface area contributed by atoms with Crippen LogP contribution < -0.4 is 0 Å². The van der Waals surface area contributed by atoms with Crippen molar-refractivity contribution in [1.82, 2.24) is 9.55 Å². The molecule has 2 aromatic heterocycles. The lowest BCUT2D eigenvalue weighted by atomic mass is 10.1.